The lowest BCUT2D eigenvalue weighted by Crippen LogP contribution is -2.18. The number of fused-ring (bicyclic) bond motifs is 1. The molecule has 5 nitrogen and oxygen atoms in total. The quantitative estimate of drug-likeness (QED) is 0.403. The Bertz CT molecular complexity index is 995. The molecule has 150 valence electrons. The van der Waals surface area contributed by atoms with Crippen LogP contribution in [0, 0.1) is 0 Å². The van der Waals surface area contributed by atoms with Crippen LogP contribution in [0.3, 0.4) is 0 Å². The van der Waals surface area contributed by atoms with Crippen molar-refractivity contribution in [2.75, 3.05) is 13.1 Å². The van der Waals surface area contributed by atoms with Crippen LogP contribution in [0.4, 0.5) is 0 Å². The van der Waals surface area contributed by atoms with Crippen LogP contribution in [0.2, 0.25) is 5.02 Å². The predicted molar refractivity (Wildman–Crippen MR) is 117 cm³/mol. The normalized spacial score (nSPS) is 10.8. The van der Waals surface area contributed by atoms with E-state index in [-0.39, 0.29) is 23.9 Å². The van der Waals surface area contributed by atoms with Crippen molar-refractivity contribution in [1.82, 2.24) is 14.9 Å². The molecule has 0 aliphatic heterocycles. The summed E-state index contributed by atoms with van der Waals surface area (Å²) in [6.45, 7) is 1.75. The number of halogens is 2. The zero-order valence-electron chi connectivity index (χ0n) is 15.8. The number of carbonyl (C=O) groups is 1. The number of aromatic amines is 1. The number of nitrogens with zero attached hydrogens (tertiary/aromatic N) is 1. The van der Waals surface area contributed by atoms with Gasteiger partial charge in [-0.15, -0.1) is 12.4 Å². The fraction of sp³-hybridized carbons (Fsp3) is 0.333. The number of Topliss-reactive ketones (excluding diaryl/α,β-unsaturated/α-hetero) is 1. The maximum atomic E-state index is 12.4. The first-order chi connectivity index (χ1) is 13.1. The highest BCUT2D eigenvalue weighted by Gasteiger charge is 2.09. The molecule has 1 aromatic heterocycles. The number of unbranched alkanes of at least 4 members (excludes halogenated alkanes) is 1. The van der Waals surface area contributed by atoms with Crippen molar-refractivity contribution in [2.24, 2.45) is 7.05 Å². The number of aryl methyl sites for hydroxylation is 1. The molecule has 0 aliphatic carbocycles. The van der Waals surface area contributed by atoms with Crippen molar-refractivity contribution in [3.05, 3.63) is 69.1 Å². The third-order valence-corrected chi connectivity index (χ3v) is 5.13. The third kappa shape index (κ3) is 5.47. The Hall–Kier alpha value is -2.08. The van der Waals surface area contributed by atoms with Gasteiger partial charge < -0.3 is 10.3 Å². The van der Waals surface area contributed by atoms with Gasteiger partial charge in [0.15, 0.2) is 5.78 Å². The van der Waals surface area contributed by atoms with E-state index in [4.69, 9.17) is 11.6 Å². The minimum Gasteiger partial charge on any atom is -0.316 e. The summed E-state index contributed by atoms with van der Waals surface area (Å²) in [6, 6.07) is 13.2. The molecule has 0 saturated carbocycles. The minimum atomic E-state index is -0.169. The van der Waals surface area contributed by atoms with E-state index >= 15 is 0 Å². The Morgan fingerprint density at radius 1 is 1.14 bits per heavy atom. The molecular formula is C21H25Cl2N3O2. The highest BCUT2D eigenvalue weighted by molar-refractivity contribution is 6.31. The highest BCUT2D eigenvalue weighted by Crippen LogP contribution is 2.16. The zero-order valence-corrected chi connectivity index (χ0v) is 17.4. The Labute approximate surface area is 175 Å². The van der Waals surface area contributed by atoms with Crippen LogP contribution >= 0.6 is 24.0 Å². The lowest BCUT2D eigenvalue weighted by atomic mass is 10.0. The SMILES string of the molecule is Cl.Cn1c(=O)[nH]c2ccc(C(=O)CCCCNCCc3ccccc3Cl)cc21. The summed E-state index contributed by atoms with van der Waals surface area (Å²) < 4.78 is 1.52. The van der Waals surface area contributed by atoms with E-state index in [0.29, 0.717) is 12.0 Å². The molecule has 0 fully saturated rings. The molecule has 0 radical (unpaired) electrons. The summed E-state index contributed by atoms with van der Waals surface area (Å²) in [5.74, 6) is 0.113. The molecule has 1 heterocycles. The Balaban J connectivity index is 0.00000280. The van der Waals surface area contributed by atoms with Crippen molar-refractivity contribution in [1.29, 1.82) is 0 Å². The number of aromatic nitrogens is 2. The van der Waals surface area contributed by atoms with Crippen LogP contribution in [0.25, 0.3) is 11.0 Å². The van der Waals surface area contributed by atoms with Gasteiger partial charge >= 0.3 is 5.69 Å². The molecule has 0 saturated heterocycles. The lowest BCUT2D eigenvalue weighted by Gasteiger charge is -2.06. The topological polar surface area (TPSA) is 66.9 Å². The maximum Gasteiger partial charge on any atom is 0.326 e. The van der Waals surface area contributed by atoms with E-state index in [0.717, 1.165) is 54.0 Å². The van der Waals surface area contributed by atoms with Gasteiger partial charge in [0.1, 0.15) is 0 Å². The summed E-state index contributed by atoms with van der Waals surface area (Å²) in [7, 11) is 1.70. The lowest BCUT2D eigenvalue weighted by molar-refractivity contribution is 0.0979. The monoisotopic (exact) mass is 421 g/mol. The van der Waals surface area contributed by atoms with Crippen molar-refractivity contribution in [3.8, 4) is 0 Å². The van der Waals surface area contributed by atoms with Gasteiger partial charge in [0.25, 0.3) is 0 Å². The van der Waals surface area contributed by atoms with E-state index in [1.807, 2.05) is 24.3 Å². The smallest absolute Gasteiger partial charge is 0.316 e. The first kappa shape index (κ1) is 22.2. The number of carbonyl (C=O) groups excluding carboxylic acids is 1. The number of hydrogen-bond acceptors (Lipinski definition) is 3. The van der Waals surface area contributed by atoms with E-state index in [1.54, 1.807) is 25.2 Å². The van der Waals surface area contributed by atoms with Gasteiger partial charge in [-0.25, -0.2) is 4.79 Å². The van der Waals surface area contributed by atoms with E-state index < -0.39 is 0 Å². The molecule has 0 bridgehead atoms. The largest absolute Gasteiger partial charge is 0.326 e. The Morgan fingerprint density at radius 2 is 1.93 bits per heavy atom. The van der Waals surface area contributed by atoms with Crippen LogP contribution in [-0.2, 0) is 13.5 Å². The third-order valence-electron chi connectivity index (χ3n) is 4.76. The second kappa shape index (κ2) is 10.5. The number of H-pyrrole nitrogens is 1. The molecular weight excluding hydrogens is 397 g/mol. The number of hydrogen-bond donors (Lipinski definition) is 2. The van der Waals surface area contributed by atoms with Crippen LogP contribution in [0.5, 0.6) is 0 Å². The summed E-state index contributed by atoms with van der Waals surface area (Å²) in [4.78, 5) is 26.8. The van der Waals surface area contributed by atoms with Crippen molar-refractivity contribution in [3.63, 3.8) is 0 Å². The van der Waals surface area contributed by atoms with Gasteiger partial charge in [-0.05, 0) is 62.2 Å². The summed E-state index contributed by atoms with van der Waals surface area (Å²) in [5, 5.41) is 4.20. The summed E-state index contributed by atoms with van der Waals surface area (Å²) in [5.41, 5.74) is 3.14. The molecule has 0 spiro atoms. The molecule has 0 atom stereocenters. The average Bonchev–Trinajstić information content (AvgIpc) is 2.95. The number of benzene rings is 2. The second-order valence-electron chi connectivity index (χ2n) is 6.69. The number of ketones is 1. The van der Waals surface area contributed by atoms with Crippen molar-refractivity contribution in [2.45, 2.75) is 25.7 Å². The minimum absolute atomic E-state index is 0. The van der Waals surface area contributed by atoms with Crippen LogP contribution < -0.4 is 11.0 Å². The number of nitrogens with one attached hydrogen (secondary N) is 2. The van der Waals surface area contributed by atoms with Crippen LogP contribution in [-0.4, -0.2) is 28.4 Å². The fourth-order valence-electron chi connectivity index (χ4n) is 3.13. The van der Waals surface area contributed by atoms with Crippen LogP contribution in [0.15, 0.2) is 47.3 Å². The van der Waals surface area contributed by atoms with Gasteiger partial charge in [0, 0.05) is 24.1 Å². The molecule has 0 amide bonds. The van der Waals surface area contributed by atoms with Crippen molar-refractivity contribution >= 4 is 40.8 Å². The molecule has 28 heavy (non-hydrogen) atoms. The van der Waals surface area contributed by atoms with E-state index in [1.165, 1.54) is 4.57 Å². The average molecular weight is 422 g/mol. The van der Waals surface area contributed by atoms with Crippen LogP contribution in [0.1, 0.15) is 35.2 Å². The molecule has 3 aromatic rings. The van der Waals surface area contributed by atoms with Gasteiger partial charge in [-0.3, -0.25) is 9.36 Å². The van der Waals surface area contributed by atoms with Gasteiger partial charge in [0.05, 0.1) is 11.0 Å². The summed E-state index contributed by atoms with van der Waals surface area (Å²) >= 11 is 6.14. The van der Waals surface area contributed by atoms with Gasteiger partial charge in [-0.2, -0.15) is 0 Å². The number of rotatable bonds is 9. The molecule has 0 aliphatic rings. The molecule has 2 aromatic carbocycles. The van der Waals surface area contributed by atoms with E-state index in [9.17, 15) is 9.59 Å². The van der Waals surface area contributed by atoms with E-state index in [2.05, 4.69) is 10.3 Å². The molecule has 2 N–H and O–H groups in total. The molecule has 7 heteroatoms. The Morgan fingerprint density at radius 3 is 2.71 bits per heavy atom. The maximum absolute atomic E-state index is 12.4. The van der Waals surface area contributed by atoms with Gasteiger partial charge in [-0.1, -0.05) is 29.8 Å². The van der Waals surface area contributed by atoms with Crippen molar-refractivity contribution < 1.29 is 4.79 Å². The predicted octanol–water partition coefficient (Wildman–Crippen LogP) is 4.13. The summed E-state index contributed by atoms with van der Waals surface area (Å²) in [6.07, 6.45) is 3.19. The fourth-order valence-corrected chi connectivity index (χ4v) is 3.36. The van der Waals surface area contributed by atoms with Gasteiger partial charge in [0.2, 0.25) is 0 Å². The first-order valence-electron chi connectivity index (χ1n) is 9.22. The molecule has 0 unspecified atom stereocenters. The molecule has 3 rings (SSSR count). The Kier molecular flexibility index (Phi) is 8.30. The highest BCUT2D eigenvalue weighted by atomic mass is 35.5. The second-order valence-corrected chi connectivity index (χ2v) is 7.10. The number of imidazole rings is 1. The first-order valence-corrected chi connectivity index (χ1v) is 9.60. The zero-order chi connectivity index (χ0) is 19.2. The standard InChI is InChI=1S/C21H24ClN3O2.ClH/c1-25-19-14-16(9-10-18(19)24-21(25)27)20(26)8-4-5-12-23-13-11-15-6-2-3-7-17(15)22;/h2-3,6-7,9-10,14,23H,4-5,8,11-13H2,1H3,(H,24,27);1H.